The quantitative estimate of drug-likeness (QED) is 0.924. The van der Waals surface area contributed by atoms with Gasteiger partial charge in [-0.05, 0) is 25.5 Å². The van der Waals surface area contributed by atoms with Crippen molar-refractivity contribution in [2.24, 2.45) is 7.05 Å². The third-order valence-electron chi connectivity index (χ3n) is 3.00. The summed E-state index contributed by atoms with van der Waals surface area (Å²) in [5.74, 6) is 0. The van der Waals surface area contributed by atoms with Gasteiger partial charge in [-0.2, -0.15) is 5.10 Å². The van der Waals surface area contributed by atoms with Crippen LogP contribution in [0.1, 0.15) is 17.0 Å². The first-order valence-electron chi connectivity index (χ1n) is 5.67. The molecule has 18 heavy (non-hydrogen) atoms. The Hall–Kier alpha value is -1.19. The van der Waals surface area contributed by atoms with Gasteiger partial charge in [0.25, 0.3) is 0 Å². The van der Waals surface area contributed by atoms with E-state index >= 15 is 0 Å². The fourth-order valence-electron chi connectivity index (χ4n) is 1.90. The van der Waals surface area contributed by atoms with Gasteiger partial charge >= 0.3 is 0 Å². The molecule has 0 amide bonds. The minimum Gasteiger partial charge on any atom is -0.378 e. The summed E-state index contributed by atoms with van der Waals surface area (Å²) in [4.78, 5) is 0. The number of aromatic nitrogens is 2. The number of nitrogens with one attached hydrogen (secondary N) is 1. The van der Waals surface area contributed by atoms with Crippen molar-refractivity contribution >= 4 is 28.9 Å². The SMILES string of the molecule is Cc1nn(C)c(C)c1NCc1cccc(Cl)c1Cl. The summed E-state index contributed by atoms with van der Waals surface area (Å²) in [5.41, 5.74) is 4.11. The number of hydrogen-bond acceptors (Lipinski definition) is 2. The van der Waals surface area contributed by atoms with E-state index in [9.17, 15) is 0 Å². The largest absolute Gasteiger partial charge is 0.378 e. The van der Waals surface area contributed by atoms with Gasteiger partial charge in [0.1, 0.15) is 0 Å². The van der Waals surface area contributed by atoms with Crippen LogP contribution in [-0.2, 0) is 13.6 Å². The smallest absolute Gasteiger partial charge is 0.0827 e. The summed E-state index contributed by atoms with van der Waals surface area (Å²) in [7, 11) is 1.93. The molecule has 0 saturated heterocycles. The summed E-state index contributed by atoms with van der Waals surface area (Å²) < 4.78 is 1.86. The highest BCUT2D eigenvalue weighted by Crippen LogP contribution is 2.27. The second-order valence-corrected chi connectivity index (χ2v) is 5.02. The van der Waals surface area contributed by atoms with Crippen LogP contribution >= 0.6 is 23.2 Å². The van der Waals surface area contributed by atoms with Gasteiger partial charge in [0.2, 0.25) is 0 Å². The normalized spacial score (nSPS) is 10.7. The molecule has 0 saturated carbocycles. The van der Waals surface area contributed by atoms with Crippen LogP contribution in [0.3, 0.4) is 0 Å². The van der Waals surface area contributed by atoms with E-state index in [0.29, 0.717) is 16.6 Å². The predicted octanol–water partition coefficient (Wildman–Crippen LogP) is 3.96. The van der Waals surface area contributed by atoms with E-state index in [-0.39, 0.29) is 0 Å². The molecule has 1 N–H and O–H groups in total. The Bertz CT molecular complexity index is 576. The molecule has 2 aromatic rings. The summed E-state index contributed by atoms with van der Waals surface area (Å²) in [6, 6.07) is 5.64. The molecule has 3 nitrogen and oxygen atoms in total. The maximum atomic E-state index is 6.15. The summed E-state index contributed by atoms with van der Waals surface area (Å²) in [5, 5.41) is 8.90. The molecule has 0 atom stereocenters. The Morgan fingerprint density at radius 3 is 2.61 bits per heavy atom. The Morgan fingerprint density at radius 1 is 1.28 bits per heavy atom. The van der Waals surface area contributed by atoms with E-state index in [1.807, 2.05) is 37.7 Å². The van der Waals surface area contributed by atoms with Gasteiger partial charge < -0.3 is 5.32 Å². The molecule has 1 heterocycles. The summed E-state index contributed by atoms with van der Waals surface area (Å²) in [6.07, 6.45) is 0. The highest BCUT2D eigenvalue weighted by Gasteiger charge is 2.10. The Kier molecular flexibility index (Phi) is 3.83. The molecular weight excluding hydrogens is 269 g/mol. The minimum absolute atomic E-state index is 0.579. The Balaban J connectivity index is 2.19. The molecule has 2 rings (SSSR count). The molecule has 0 aliphatic carbocycles. The molecule has 0 aliphatic heterocycles. The van der Waals surface area contributed by atoms with E-state index < -0.39 is 0 Å². The average Bonchev–Trinajstić information content (AvgIpc) is 2.56. The zero-order chi connectivity index (χ0) is 13.3. The third kappa shape index (κ3) is 2.47. The van der Waals surface area contributed by atoms with E-state index in [0.717, 1.165) is 22.6 Å². The van der Waals surface area contributed by atoms with E-state index in [1.54, 1.807) is 6.07 Å². The monoisotopic (exact) mass is 283 g/mol. The number of hydrogen-bond donors (Lipinski definition) is 1. The first-order valence-corrected chi connectivity index (χ1v) is 6.43. The Morgan fingerprint density at radius 2 is 2.00 bits per heavy atom. The van der Waals surface area contributed by atoms with Crippen LogP contribution in [0.25, 0.3) is 0 Å². The molecule has 0 aliphatic rings. The van der Waals surface area contributed by atoms with Crippen LogP contribution < -0.4 is 5.32 Å². The van der Waals surface area contributed by atoms with Gasteiger partial charge in [0.15, 0.2) is 0 Å². The van der Waals surface area contributed by atoms with Gasteiger partial charge in [0, 0.05) is 13.6 Å². The van der Waals surface area contributed by atoms with Crippen molar-refractivity contribution in [2.45, 2.75) is 20.4 Å². The topological polar surface area (TPSA) is 29.9 Å². The number of halogens is 2. The lowest BCUT2D eigenvalue weighted by atomic mass is 10.2. The van der Waals surface area contributed by atoms with Crippen molar-refractivity contribution in [1.82, 2.24) is 9.78 Å². The lowest BCUT2D eigenvalue weighted by Crippen LogP contribution is -2.02. The van der Waals surface area contributed by atoms with Gasteiger partial charge in [-0.15, -0.1) is 0 Å². The summed E-state index contributed by atoms with van der Waals surface area (Å²) in [6.45, 7) is 4.64. The van der Waals surface area contributed by atoms with Crippen molar-refractivity contribution < 1.29 is 0 Å². The van der Waals surface area contributed by atoms with E-state index in [4.69, 9.17) is 23.2 Å². The molecule has 0 unspecified atom stereocenters. The second-order valence-electron chi connectivity index (χ2n) is 4.24. The van der Waals surface area contributed by atoms with Crippen LogP contribution in [0, 0.1) is 13.8 Å². The number of nitrogens with zero attached hydrogens (tertiary/aromatic N) is 2. The maximum absolute atomic E-state index is 6.15. The van der Waals surface area contributed by atoms with E-state index in [1.165, 1.54) is 0 Å². The minimum atomic E-state index is 0.579. The summed E-state index contributed by atoms with van der Waals surface area (Å²) >= 11 is 12.1. The number of aryl methyl sites for hydroxylation is 2. The van der Waals surface area contributed by atoms with Crippen molar-refractivity contribution in [3.63, 3.8) is 0 Å². The highest BCUT2D eigenvalue weighted by molar-refractivity contribution is 6.42. The van der Waals surface area contributed by atoms with Crippen LogP contribution in [0.15, 0.2) is 18.2 Å². The zero-order valence-corrected chi connectivity index (χ0v) is 12.1. The molecular formula is C13H15Cl2N3. The van der Waals surface area contributed by atoms with Crippen LogP contribution in [0.2, 0.25) is 10.0 Å². The van der Waals surface area contributed by atoms with Crippen molar-refractivity contribution in [1.29, 1.82) is 0 Å². The highest BCUT2D eigenvalue weighted by atomic mass is 35.5. The first kappa shape index (κ1) is 13.2. The molecule has 0 fully saturated rings. The molecule has 0 bridgehead atoms. The predicted molar refractivity (Wildman–Crippen MR) is 76.5 cm³/mol. The van der Waals surface area contributed by atoms with E-state index in [2.05, 4.69) is 10.4 Å². The molecule has 0 radical (unpaired) electrons. The average molecular weight is 284 g/mol. The number of rotatable bonds is 3. The maximum Gasteiger partial charge on any atom is 0.0827 e. The number of benzene rings is 1. The molecule has 1 aromatic carbocycles. The molecule has 0 spiro atoms. The molecule has 5 heteroatoms. The van der Waals surface area contributed by atoms with Crippen LogP contribution in [-0.4, -0.2) is 9.78 Å². The fourth-order valence-corrected chi connectivity index (χ4v) is 2.28. The third-order valence-corrected chi connectivity index (χ3v) is 3.85. The lowest BCUT2D eigenvalue weighted by molar-refractivity contribution is 0.731. The van der Waals surface area contributed by atoms with Crippen molar-refractivity contribution in [2.75, 3.05) is 5.32 Å². The van der Waals surface area contributed by atoms with Gasteiger partial charge in [-0.25, -0.2) is 0 Å². The van der Waals surface area contributed by atoms with Crippen molar-refractivity contribution in [3.8, 4) is 0 Å². The van der Waals surface area contributed by atoms with Crippen LogP contribution in [0.4, 0.5) is 5.69 Å². The van der Waals surface area contributed by atoms with Crippen LogP contribution in [0.5, 0.6) is 0 Å². The Labute approximate surface area is 117 Å². The molecule has 96 valence electrons. The van der Waals surface area contributed by atoms with Gasteiger partial charge in [-0.3, -0.25) is 4.68 Å². The second kappa shape index (κ2) is 5.21. The first-order chi connectivity index (χ1) is 8.50. The van der Waals surface area contributed by atoms with Gasteiger partial charge in [-0.1, -0.05) is 35.3 Å². The van der Waals surface area contributed by atoms with Gasteiger partial charge in [0.05, 0.1) is 27.1 Å². The zero-order valence-electron chi connectivity index (χ0n) is 10.6. The lowest BCUT2D eigenvalue weighted by Gasteiger charge is -2.09. The fraction of sp³-hybridized carbons (Fsp3) is 0.308. The molecule has 1 aromatic heterocycles. The number of anilines is 1. The van der Waals surface area contributed by atoms with Crippen molar-refractivity contribution in [3.05, 3.63) is 45.2 Å². The standard InChI is InChI=1S/C13H15Cl2N3/c1-8-13(9(2)18(3)17-8)16-7-10-5-4-6-11(14)12(10)15/h4-6,16H,7H2,1-3H3.